The summed E-state index contributed by atoms with van der Waals surface area (Å²) in [6, 6.07) is 16.8. The Morgan fingerprint density at radius 2 is 1.87 bits per heavy atom. The molecule has 0 aliphatic heterocycles. The first-order chi connectivity index (χ1) is 14.5. The number of carbonyl (C=O) groups is 1. The fraction of sp³-hybridized carbons (Fsp3) is 0.174. The van der Waals surface area contributed by atoms with Crippen molar-refractivity contribution in [1.82, 2.24) is 9.55 Å². The molecule has 152 valence electrons. The number of aryl methyl sites for hydroxylation is 2. The van der Waals surface area contributed by atoms with E-state index < -0.39 is 0 Å². The topological polar surface area (TPSA) is 85.3 Å². The number of ketones is 1. The fourth-order valence-electron chi connectivity index (χ4n) is 3.19. The van der Waals surface area contributed by atoms with Gasteiger partial charge in [-0.1, -0.05) is 53.8 Å². The van der Waals surface area contributed by atoms with E-state index >= 15 is 0 Å². The van der Waals surface area contributed by atoms with Crippen LogP contribution in [0.15, 0.2) is 69.2 Å². The second-order valence-corrected chi connectivity index (χ2v) is 7.77. The summed E-state index contributed by atoms with van der Waals surface area (Å²) in [6.07, 6.45) is 0.826. The van der Waals surface area contributed by atoms with Crippen LogP contribution >= 0.6 is 11.3 Å². The Morgan fingerprint density at radius 1 is 1.13 bits per heavy atom. The maximum absolute atomic E-state index is 12.6. The monoisotopic (exact) mass is 420 g/mol. The molecule has 0 fully saturated rings. The van der Waals surface area contributed by atoms with Gasteiger partial charge in [0, 0.05) is 24.0 Å². The van der Waals surface area contributed by atoms with E-state index in [9.17, 15) is 14.7 Å². The Balaban J connectivity index is 1.40. The largest absolute Gasteiger partial charge is 0.494 e. The summed E-state index contributed by atoms with van der Waals surface area (Å²) in [6.45, 7) is 2.12. The van der Waals surface area contributed by atoms with Gasteiger partial charge in [-0.25, -0.2) is 4.98 Å². The van der Waals surface area contributed by atoms with Gasteiger partial charge in [0.15, 0.2) is 5.78 Å². The summed E-state index contributed by atoms with van der Waals surface area (Å²) in [5.41, 5.74) is 3.13. The van der Waals surface area contributed by atoms with E-state index in [-0.39, 0.29) is 23.1 Å². The van der Waals surface area contributed by atoms with Gasteiger partial charge in [0.05, 0.1) is 17.6 Å². The maximum atomic E-state index is 12.6. The summed E-state index contributed by atoms with van der Waals surface area (Å²) in [7, 11) is 0. The molecule has 0 saturated heterocycles. The molecule has 4 aromatic rings. The van der Waals surface area contributed by atoms with Crippen molar-refractivity contribution >= 4 is 17.1 Å². The van der Waals surface area contributed by atoms with Crippen LogP contribution in [-0.2, 0) is 13.0 Å². The van der Waals surface area contributed by atoms with Gasteiger partial charge in [0.1, 0.15) is 5.76 Å². The minimum Gasteiger partial charge on any atom is -0.494 e. The second kappa shape index (κ2) is 8.51. The van der Waals surface area contributed by atoms with Gasteiger partial charge in [-0.3, -0.25) is 14.2 Å². The quantitative estimate of drug-likeness (QED) is 0.447. The number of thiazole rings is 1. The number of aromatic nitrogens is 2. The number of oxazole rings is 1. The van der Waals surface area contributed by atoms with E-state index in [1.807, 2.05) is 37.3 Å². The molecule has 2 aromatic heterocycles. The molecule has 2 heterocycles. The van der Waals surface area contributed by atoms with Crippen molar-refractivity contribution in [2.45, 2.75) is 26.3 Å². The van der Waals surface area contributed by atoms with Gasteiger partial charge in [-0.15, -0.1) is 0 Å². The first-order valence-electron chi connectivity index (χ1n) is 9.52. The van der Waals surface area contributed by atoms with Gasteiger partial charge in [0.25, 0.3) is 0 Å². The van der Waals surface area contributed by atoms with Crippen molar-refractivity contribution in [2.75, 3.05) is 0 Å². The lowest BCUT2D eigenvalue weighted by molar-refractivity contribution is 0.0982. The standard InChI is InChI=1S/C23H20N2O4S/c1-15-19(24-22(29-15)18-5-3-2-4-6-18)11-12-20(26)17-9-7-16(8-10-17)13-25-21(27)14-30-23(25)28/h2-10,14,27H,11-13H2,1H3. The van der Waals surface area contributed by atoms with Crippen LogP contribution in [0.2, 0.25) is 0 Å². The number of hydrogen-bond acceptors (Lipinski definition) is 6. The van der Waals surface area contributed by atoms with Gasteiger partial charge >= 0.3 is 4.87 Å². The number of hydrogen-bond donors (Lipinski definition) is 1. The van der Waals surface area contributed by atoms with Gasteiger partial charge in [-0.2, -0.15) is 0 Å². The molecule has 0 spiro atoms. The summed E-state index contributed by atoms with van der Waals surface area (Å²) in [5, 5.41) is 11.1. The molecule has 0 bridgehead atoms. The lowest BCUT2D eigenvalue weighted by Gasteiger charge is -2.05. The predicted octanol–water partition coefficient (Wildman–Crippen LogP) is 4.44. The lowest BCUT2D eigenvalue weighted by Crippen LogP contribution is -2.13. The zero-order valence-electron chi connectivity index (χ0n) is 16.4. The third kappa shape index (κ3) is 4.26. The van der Waals surface area contributed by atoms with Crippen molar-refractivity contribution in [3.63, 3.8) is 0 Å². The third-order valence-electron chi connectivity index (χ3n) is 4.88. The Morgan fingerprint density at radius 3 is 2.53 bits per heavy atom. The van der Waals surface area contributed by atoms with E-state index in [1.54, 1.807) is 24.3 Å². The average molecular weight is 420 g/mol. The lowest BCUT2D eigenvalue weighted by atomic mass is 10.0. The molecule has 0 radical (unpaired) electrons. The number of nitrogens with zero attached hydrogens (tertiary/aromatic N) is 2. The highest BCUT2D eigenvalue weighted by atomic mass is 32.1. The molecule has 0 unspecified atom stereocenters. The van der Waals surface area contributed by atoms with Gasteiger partial charge in [0.2, 0.25) is 11.8 Å². The molecule has 1 N–H and O–H groups in total. The summed E-state index contributed by atoms with van der Waals surface area (Å²) >= 11 is 0.954. The Labute approximate surface area is 177 Å². The van der Waals surface area contributed by atoms with Gasteiger partial charge in [-0.05, 0) is 24.6 Å². The van der Waals surface area contributed by atoms with Crippen molar-refractivity contribution in [2.24, 2.45) is 0 Å². The van der Waals surface area contributed by atoms with Crippen LogP contribution in [0.5, 0.6) is 5.88 Å². The summed E-state index contributed by atoms with van der Waals surface area (Å²) in [4.78, 5) is 28.6. The number of aromatic hydroxyl groups is 1. The minimum absolute atomic E-state index is 0.0146. The van der Waals surface area contributed by atoms with Crippen molar-refractivity contribution in [1.29, 1.82) is 0 Å². The van der Waals surface area contributed by atoms with Crippen LogP contribution in [0.1, 0.15) is 33.8 Å². The minimum atomic E-state index is -0.217. The van der Waals surface area contributed by atoms with E-state index in [1.165, 1.54) is 9.95 Å². The SMILES string of the molecule is Cc1oc(-c2ccccc2)nc1CCC(=O)c1ccc(Cn2c(O)csc2=O)cc1. The number of carbonyl (C=O) groups excluding carboxylic acids is 1. The highest BCUT2D eigenvalue weighted by Gasteiger charge is 2.14. The van der Waals surface area contributed by atoms with Crippen molar-refractivity contribution in [3.05, 3.63) is 92.2 Å². The zero-order valence-corrected chi connectivity index (χ0v) is 17.2. The fourth-order valence-corrected chi connectivity index (χ4v) is 3.81. The molecule has 30 heavy (non-hydrogen) atoms. The van der Waals surface area contributed by atoms with E-state index in [0.29, 0.717) is 24.3 Å². The van der Waals surface area contributed by atoms with Crippen LogP contribution in [0.4, 0.5) is 0 Å². The average Bonchev–Trinajstić information content (AvgIpc) is 3.30. The smallest absolute Gasteiger partial charge is 0.310 e. The summed E-state index contributed by atoms with van der Waals surface area (Å²) < 4.78 is 7.04. The molecule has 2 aromatic carbocycles. The Hall–Kier alpha value is -3.45. The highest BCUT2D eigenvalue weighted by molar-refractivity contribution is 7.07. The van der Waals surface area contributed by atoms with Crippen molar-refractivity contribution in [3.8, 4) is 17.3 Å². The molecule has 0 saturated carbocycles. The van der Waals surface area contributed by atoms with Crippen LogP contribution in [0.3, 0.4) is 0 Å². The van der Waals surface area contributed by atoms with E-state index in [2.05, 4.69) is 4.98 Å². The first-order valence-corrected chi connectivity index (χ1v) is 10.4. The highest BCUT2D eigenvalue weighted by Crippen LogP contribution is 2.22. The third-order valence-corrected chi connectivity index (χ3v) is 5.63. The number of Topliss-reactive ketones (excluding diaryl/α,β-unsaturated/α-hetero) is 1. The van der Waals surface area contributed by atoms with Crippen LogP contribution in [-0.4, -0.2) is 20.4 Å². The molecular formula is C23H20N2O4S. The molecule has 4 rings (SSSR count). The Bertz CT molecular complexity index is 1220. The number of rotatable bonds is 7. The summed E-state index contributed by atoms with van der Waals surface area (Å²) in [5.74, 6) is 1.24. The van der Waals surface area contributed by atoms with E-state index in [4.69, 9.17) is 4.42 Å². The van der Waals surface area contributed by atoms with Crippen LogP contribution in [0, 0.1) is 6.92 Å². The molecular weight excluding hydrogens is 400 g/mol. The Kier molecular flexibility index (Phi) is 5.63. The normalized spacial score (nSPS) is 11.0. The predicted molar refractivity (Wildman–Crippen MR) is 115 cm³/mol. The number of benzene rings is 2. The molecule has 7 heteroatoms. The van der Waals surface area contributed by atoms with Crippen LogP contribution < -0.4 is 4.87 Å². The molecule has 0 aliphatic rings. The maximum Gasteiger partial charge on any atom is 0.310 e. The van der Waals surface area contributed by atoms with Crippen molar-refractivity contribution < 1.29 is 14.3 Å². The first kappa shape index (κ1) is 19.8. The molecule has 0 aliphatic carbocycles. The van der Waals surface area contributed by atoms with Crippen LogP contribution in [0.25, 0.3) is 11.5 Å². The molecule has 0 amide bonds. The van der Waals surface area contributed by atoms with Gasteiger partial charge < -0.3 is 9.52 Å². The van der Waals surface area contributed by atoms with E-state index in [0.717, 1.165) is 33.9 Å². The zero-order chi connectivity index (χ0) is 21.1. The molecule has 0 atom stereocenters. The molecule has 6 nitrogen and oxygen atoms in total. The second-order valence-electron chi connectivity index (χ2n) is 6.95.